The number of fused-ring (bicyclic) bond motifs is 1. The highest BCUT2D eigenvalue weighted by Gasteiger charge is 2.11. The van der Waals surface area contributed by atoms with E-state index in [-0.39, 0.29) is 17.1 Å². The van der Waals surface area contributed by atoms with Crippen LogP contribution < -0.4 is 5.56 Å². The molecule has 0 aliphatic rings. The van der Waals surface area contributed by atoms with Crippen LogP contribution in [0.2, 0.25) is 0 Å². The zero-order valence-corrected chi connectivity index (χ0v) is 8.48. The van der Waals surface area contributed by atoms with Crippen LogP contribution in [0.3, 0.4) is 0 Å². The average molecular weight is 205 g/mol. The van der Waals surface area contributed by atoms with Crippen LogP contribution in [0.5, 0.6) is 11.5 Å². The zero-order chi connectivity index (χ0) is 11.2. The SMILES string of the molecule is Cc1cc(=O)n(C)c2c(O)ccc(O)c12. The molecule has 0 saturated heterocycles. The number of nitrogens with zero attached hydrogens (tertiary/aromatic N) is 1. The van der Waals surface area contributed by atoms with E-state index in [1.165, 1.54) is 22.8 Å². The van der Waals surface area contributed by atoms with Gasteiger partial charge in [0.2, 0.25) is 0 Å². The van der Waals surface area contributed by atoms with Gasteiger partial charge in [-0.15, -0.1) is 0 Å². The first kappa shape index (κ1) is 9.58. The van der Waals surface area contributed by atoms with Gasteiger partial charge in [0.05, 0.1) is 5.52 Å². The highest BCUT2D eigenvalue weighted by molar-refractivity contribution is 5.92. The van der Waals surface area contributed by atoms with Crippen molar-refractivity contribution in [2.45, 2.75) is 6.92 Å². The number of phenols is 2. The van der Waals surface area contributed by atoms with Crippen molar-refractivity contribution < 1.29 is 10.2 Å². The summed E-state index contributed by atoms with van der Waals surface area (Å²) >= 11 is 0. The summed E-state index contributed by atoms with van der Waals surface area (Å²) in [7, 11) is 1.56. The number of benzene rings is 1. The fourth-order valence-corrected chi connectivity index (χ4v) is 1.76. The minimum absolute atomic E-state index is 0.00824. The van der Waals surface area contributed by atoms with Gasteiger partial charge in [-0.25, -0.2) is 0 Å². The van der Waals surface area contributed by atoms with Crippen LogP contribution in [0.15, 0.2) is 23.0 Å². The van der Waals surface area contributed by atoms with Gasteiger partial charge in [-0.05, 0) is 24.6 Å². The Morgan fingerprint density at radius 1 is 1.20 bits per heavy atom. The van der Waals surface area contributed by atoms with Gasteiger partial charge in [0, 0.05) is 18.5 Å². The highest BCUT2D eigenvalue weighted by atomic mass is 16.3. The lowest BCUT2D eigenvalue weighted by atomic mass is 10.1. The molecule has 2 aromatic rings. The van der Waals surface area contributed by atoms with Gasteiger partial charge in [0.25, 0.3) is 5.56 Å². The maximum Gasteiger partial charge on any atom is 0.251 e. The molecule has 4 nitrogen and oxygen atoms in total. The molecule has 0 fully saturated rings. The van der Waals surface area contributed by atoms with Gasteiger partial charge in [0.1, 0.15) is 11.5 Å². The normalized spacial score (nSPS) is 10.8. The van der Waals surface area contributed by atoms with Gasteiger partial charge in [-0.2, -0.15) is 0 Å². The van der Waals surface area contributed by atoms with Gasteiger partial charge < -0.3 is 14.8 Å². The Hall–Kier alpha value is -1.97. The van der Waals surface area contributed by atoms with Crippen molar-refractivity contribution in [2.75, 3.05) is 0 Å². The van der Waals surface area contributed by atoms with Crippen molar-refractivity contribution in [3.8, 4) is 11.5 Å². The van der Waals surface area contributed by atoms with Gasteiger partial charge in [0.15, 0.2) is 0 Å². The molecule has 0 unspecified atom stereocenters. The number of rotatable bonds is 0. The smallest absolute Gasteiger partial charge is 0.251 e. The summed E-state index contributed by atoms with van der Waals surface area (Å²) in [6.45, 7) is 1.73. The molecule has 4 heteroatoms. The van der Waals surface area contributed by atoms with Crippen molar-refractivity contribution in [1.29, 1.82) is 0 Å². The summed E-state index contributed by atoms with van der Waals surface area (Å²) in [5, 5.41) is 19.8. The molecule has 1 heterocycles. The largest absolute Gasteiger partial charge is 0.507 e. The third-order valence-electron chi connectivity index (χ3n) is 2.53. The molecule has 0 aliphatic heterocycles. The fourth-order valence-electron chi connectivity index (χ4n) is 1.76. The first-order valence-electron chi connectivity index (χ1n) is 4.53. The van der Waals surface area contributed by atoms with E-state index >= 15 is 0 Å². The van der Waals surface area contributed by atoms with Crippen LogP contribution in [0, 0.1) is 6.92 Å². The number of hydrogen-bond acceptors (Lipinski definition) is 3. The number of pyridine rings is 1. The standard InChI is InChI=1S/C11H11NO3/c1-6-5-9(15)12(2)11-8(14)4-3-7(13)10(6)11/h3-5,13-14H,1-2H3. The Labute approximate surface area is 86.0 Å². The molecule has 1 aromatic carbocycles. The van der Waals surface area contributed by atoms with Crippen LogP contribution >= 0.6 is 0 Å². The van der Waals surface area contributed by atoms with E-state index in [2.05, 4.69) is 0 Å². The molecule has 15 heavy (non-hydrogen) atoms. The van der Waals surface area contributed by atoms with E-state index in [4.69, 9.17) is 0 Å². The van der Waals surface area contributed by atoms with Gasteiger partial charge in [-0.3, -0.25) is 4.79 Å². The quantitative estimate of drug-likeness (QED) is 0.636. The van der Waals surface area contributed by atoms with E-state index in [9.17, 15) is 15.0 Å². The van der Waals surface area contributed by atoms with E-state index < -0.39 is 0 Å². The molecule has 0 atom stereocenters. The Balaban J connectivity index is 3.15. The lowest BCUT2D eigenvalue weighted by molar-refractivity contribution is 0.466. The second kappa shape index (κ2) is 3.02. The first-order chi connectivity index (χ1) is 7.02. The van der Waals surface area contributed by atoms with Crippen molar-refractivity contribution in [3.05, 3.63) is 34.1 Å². The summed E-state index contributed by atoms with van der Waals surface area (Å²) < 4.78 is 1.32. The second-order valence-electron chi connectivity index (χ2n) is 3.55. The summed E-state index contributed by atoms with van der Waals surface area (Å²) in [6.07, 6.45) is 0. The van der Waals surface area contributed by atoms with E-state index in [0.29, 0.717) is 16.5 Å². The minimum atomic E-state index is -0.208. The maximum absolute atomic E-state index is 11.5. The van der Waals surface area contributed by atoms with Crippen molar-refractivity contribution in [3.63, 3.8) is 0 Å². The minimum Gasteiger partial charge on any atom is -0.507 e. The lowest BCUT2D eigenvalue weighted by Crippen LogP contribution is -2.16. The van der Waals surface area contributed by atoms with Gasteiger partial charge in [-0.1, -0.05) is 0 Å². The monoisotopic (exact) mass is 205 g/mol. The summed E-state index contributed by atoms with van der Waals surface area (Å²) in [5.74, 6) is 0.0574. The van der Waals surface area contributed by atoms with Crippen molar-refractivity contribution in [1.82, 2.24) is 4.57 Å². The lowest BCUT2D eigenvalue weighted by Gasteiger charge is -2.10. The van der Waals surface area contributed by atoms with E-state index in [1.54, 1.807) is 14.0 Å². The van der Waals surface area contributed by atoms with Crippen molar-refractivity contribution >= 4 is 10.9 Å². The number of phenolic OH excluding ortho intramolecular Hbond substituents is 2. The number of aromatic hydroxyl groups is 2. The second-order valence-corrected chi connectivity index (χ2v) is 3.55. The summed E-state index contributed by atoms with van der Waals surface area (Å²) in [4.78, 5) is 11.5. The molecular weight excluding hydrogens is 194 g/mol. The zero-order valence-electron chi connectivity index (χ0n) is 8.48. The van der Waals surface area contributed by atoms with Crippen LogP contribution in [-0.4, -0.2) is 14.8 Å². The third-order valence-corrected chi connectivity index (χ3v) is 2.53. The highest BCUT2D eigenvalue weighted by Crippen LogP contribution is 2.32. The number of aryl methyl sites for hydroxylation is 2. The molecule has 1 aromatic heterocycles. The van der Waals surface area contributed by atoms with Crippen LogP contribution in [0.4, 0.5) is 0 Å². The van der Waals surface area contributed by atoms with Crippen LogP contribution in [-0.2, 0) is 7.05 Å². The molecule has 2 N–H and O–H groups in total. The van der Waals surface area contributed by atoms with Crippen LogP contribution in [0.1, 0.15) is 5.56 Å². The molecule has 2 rings (SSSR count). The predicted octanol–water partition coefficient (Wildman–Crippen LogP) is 1.26. The molecule has 0 radical (unpaired) electrons. The molecule has 78 valence electrons. The Kier molecular flexibility index (Phi) is 1.93. The Bertz CT molecular complexity index is 599. The predicted molar refractivity (Wildman–Crippen MR) is 57.3 cm³/mol. The summed E-state index contributed by atoms with van der Waals surface area (Å²) in [5.41, 5.74) is 0.808. The van der Waals surface area contributed by atoms with Crippen LogP contribution in [0.25, 0.3) is 10.9 Å². The molecule has 0 saturated carbocycles. The fraction of sp³-hybridized carbons (Fsp3) is 0.182. The molecule has 0 aliphatic carbocycles. The number of hydrogen-bond donors (Lipinski definition) is 2. The molecule has 0 spiro atoms. The van der Waals surface area contributed by atoms with E-state index in [1.807, 2.05) is 0 Å². The Morgan fingerprint density at radius 3 is 2.47 bits per heavy atom. The number of aromatic nitrogens is 1. The van der Waals surface area contributed by atoms with Crippen molar-refractivity contribution in [2.24, 2.45) is 7.05 Å². The molecule has 0 amide bonds. The third kappa shape index (κ3) is 1.26. The molecule has 0 bridgehead atoms. The Morgan fingerprint density at radius 2 is 1.80 bits per heavy atom. The topological polar surface area (TPSA) is 62.5 Å². The average Bonchev–Trinajstić information content (AvgIpc) is 2.18. The first-order valence-corrected chi connectivity index (χ1v) is 4.53. The van der Waals surface area contributed by atoms with Gasteiger partial charge >= 0.3 is 0 Å². The maximum atomic E-state index is 11.5. The summed E-state index contributed by atoms with van der Waals surface area (Å²) in [6, 6.07) is 4.22. The van der Waals surface area contributed by atoms with E-state index in [0.717, 1.165) is 0 Å². The molecular formula is C11H11NO3.